The fourth-order valence-corrected chi connectivity index (χ4v) is 1.87. The van der Waals surface area contributed by atoms with Crippen LogP contribution in [0.4, 0.5) is 0 Å². The highest BCUT2D eigenvalue weighted by molar-refractivity contribution is 7.11. The molecular formula is C11H15N3OS. The maximum absolute atomic E-state index is 11.4. The smallest absolute Gasteiger partial charge is 0.237 e. The van der Waals surface area contributed by atoms with Gasteiger partial charge in [0, 0.05) is 17.6 Å². The van der Waals surface area contributed by atoms with Crippen LogP contribution in [0.2, 0.25) is 0 Å². The molecule has 1 heterocycles. The largest absolute Gasteiger partial charge is 0.344 e. The highest BCUT2D eigenvalue weighted by Crippen LogP contribution is 2.10. The molecule has 1 aromatic rings. The fraction of sp³-hybridized carbons (Fsp3) is 0.455. The van der Waals surface area contributed by atoms with Gasteiger partial charge in [0.25, 0.3) is 0 Å². The van der Waals surface area contributed by atoms with Gasteiger partial charge in [0.2, 0.25) is 5.91 Å². The summed E-state index contributed by atoms with van der Waals surface area (Å²) in [4.78, 5) is 16.7. The average Bonchev–Trinajstić information content (AvgIpc) is 2.68. The van der Waals surface area contributed by atoms with Crippen molar-refractivity contribution in [3.8, 4) is 12.3 Å². The zero-order chi connectivity index (χ0) is 12.0. The Morgan fingerprint density at radius 2 is 2.50 bits per heavy atom. The predicted molar refractivity (Wildman–Crippen MR) is 65.0 cm³/mol. The molecule has 0 bridgehead atoms. The van der Waals surface area contributed by atoms with Crippen LogP contribution in [0.25, 0.3) is 0 Å². The van der Waals surface area contributed by atoms with Crippen LogP contribution in [0.3, 0.4) is 0 Å². The van der Waals surface area contributed by atoms with Crippen molar-refractivity contribution in [1.82, 2.24) is 15.6 Å². The van der Waals surface area contributed by atoms with Crippen molar-refractivity contribution in [1.29, 1.82) is 0 Å². The first kappa shape index (κ1) is 12.7. The number of hydrogen-bond acceptors (Lipinski definition) is 4. The molecule has 0 saturated carbocycles. The Morgan fingerprint density at radius 3 is 3.06 bits per heavy atom. The SMILES string of the molecule is C#CCNC(=O)C(C)NCc1cnc(C)s1. The number of carbonyl (C=O) groups is 1. The number of nitrogens with one attached hydrogen (secondary N) is 2. The molecule has 2 N–H and O–H groups in total. The van der Waals surface area contributed by atoms with Crippen molar-refractivity contribution in [3.63, 3.8) is 0 Å². The second-order valence-corrected chi connectivity index (χ2v) is 4.69. The van der Waals surface area contributed by atoms with E-state index in [1.165, 1.54) is 0 Å². The summed E-state index contributed by atoms with van der Waals surface area (Å²) in [6.07, 6.45) is 6.87. The van der Waals surface area contributed by atoms with Crippen molar-refractivity contribution in [3.05, 3.63) is 16.1 Å². The second-order valence-electron chi connectivity index (χ2n) is 3.37. The number of amides is 1. The van der Waals surface area contributed by atoms with E-state index < -0.39 is 0 Å². The number of aryl methyl sites for hydroxylation is 1. The van der Waals surface area contributed by atoms with Crippen molar-refractivity contribution < 1.29 is 4.79 Å². The standard InChI is InChI=1S/C11H15N3OS/c1-4-5-12-11(15)8(2)13-6-10-7-14-9(3)16-10/h1,7-8,13H,5-6H2,2-3H3,(H,12,15). The zero-order valence-electron chi connectivity index (χ0n) is 9.41. The number of nitrogens with zero attached hydrogens (tertiary/aromatic N) is 1. The Bertz CT molecular complexity index is 394. The summed E-state index contributed by atoms with van der Waals surface area (Å²) < 4.78 is 0. The Labute approximate surface area is 99.5 Å². The lowest BCUT2D eigenvalue weighted by atomic mass is 10.3. The third-order valence-corrected chi connectivity index (χ3v) is 2.92. The van der Waals surface area contributed by atoms with Gasteiger partial charge >= 0.3 is 0 Å². The lowest BCUT2D eigenvalue weighted by Crippen LogP contribution is -2.41. The third kappa shape index (κ3) is 4.01. The molecule has 1 atom stereocenters. The molecule has 0 saturated heterocycles. The van der Waals surface area contributed by atoms with E-state index in [1.807, 2.05) is 13.1 Å². The molecule has 0 fully saturated rings. The van der Waals surface area contributed by atoms with Gasteiger partial charge in [-0.3, -0.25) is 4.79 Å². The highest BCUT2D eigenvalue weighted by Gasteiger charge is 2.11. The Kier molecular flexibility index (Phi) is 4.96. The maximum atomic E-state index is 11.4. The van der Waals surface area contributed by atoms with E-state index in [0.29, 0.717) is 6.54 Å². The minimum absolute atomic E-state index is 0.0841. The number of aromatic nitrogens is 1. The van der Waals surface area contributed by atoms with Gasteiger partial charge in [-0.1, -0.05) is 5.92 Å². The molecule has 1 rings (SSSR count). The summed E-state index contributed by atoms with van der Waals surface area (Å²) >= 11 is 1.62. The second kappa shape index (κ2) is 6.26. The Morgan fingerprint density at radius 1 is 1.75 bits per heavy atom. The number of hydrogen-bond donors (Lipinski definition) is 2. The first-order valence-electron chi connectivity index (χ1n) is 4.99. The van der Waals surface area contributed by atoms with Gasteiger partial charge in [0.1, 0.15) is 0 Å². The molecule has 16 heavy (non-hydrogen) atoms. The van der Waals surface area contributed by atoms with Crippen LogP contribution in [0.15, 0.2) is 6.20 Å². The monoisotopic (exact) mass is 237 g/mol. The molecule has 0 spiro atoms. The number of carbonyl (C=O) groups excluding carboxylic acids is 1. The van der Waals surface area contributed by atoms with E-state index in [9.17, 15) is 4.79 Å². The van der Waals surface area contributed by atoms with Gasteiger partial charge < -0.3 is 10.6 Å². The van der Waals surface area contributed by atoms with E-state index in [-0.39, 0.29) is 18.5 Å². The molecule has 1 unspecified atom stereocenters. The number of thiazole rings is 1. The molecule has 1 aromatic heterocycles. The highest BCUT2D eigenvalue weighted by atomic mass is 32.1. The van der Waals surface area contributed by atoms with Crippen LogP contribution < -0.4 is 10.6 Å². The van der Waals surface area contributed by atoms with Crippen LogP contribution in [-0.2, 0) is 11.3 Å². The van der Waals surface area contributed by atoms with E-state index in [0.717, 1.165) is 9.88 Å². The van der Waals surface area contributed by atoms with Gasteiger partial charge in [-0.15, -0.1) is 17.8 Å². The van der Waals surface area contributed by atoms with Crippen molar-refractivity contribution >= 4 is 17.2 Å². The lowest BCUT2D eigenvalue weighted by molar-refractivity contribution is -0.122. The van der Waals surface area contributed by atoms with Gasteiger partial charge in [-0.05, 0) is 13.8 Å². The quantitative estimate of drug-likeness (QED) is 0.740. The van der Waals surface area contributed by atoms with Gasteiger partial charge in [-0.25, -0.2) is 4.98 Å². The molecule has 4 nitrogen and oxygen atoms in total. The summed E-state index contributed by atoms with van der Waals surface area (Å²) in [5.74, 6) is 2.28. The van der Waals surface area contributed by atoms with E-state index in [2.05, 4.69) is 21.5 Å². The Balaban J connectivity index is 2.32. The van der Waals surface area contributed by atoms with Crippen molar-refractivity contribution in [2.45, 2.75) is 26.4 Å². The normalized spacial score (nSPS) is 11.8. The molecule has 1 amide bonds. The van der Waals surface area contributed by atoms with Crippen LogP contribution >= 0.6 is 11.3 Å². The van der Waals surface area contributed by atoms with E-state index in [4.69, 9.17) is 6.42 Å². The van der Waals surface area contributed by atoms with E-state index in [1.54, 1.807) is 18.3 Å². The number of terminal acetylenes is 1. The average molecular weight is 237 g/mol. The summed E-state index contributed by atoms with van der Waals surface area (Å²) in [5.41, 5.74) is 0. The lowest BCUT2D eigenvalue weighted by Gasteiger charge is -2.11. The minimum atomic E-state index is -0.254. The molecule has 5 heteroatoms. The van der Waals surface area contributed by atoms with E-state index >= 15 is 0 Å². The fourth-order valence-electron chi connectivity index (χ4n) is 1.12. The molecule has 86 valence electrons. The molecule has 0 aliphatic carbocycles. The third-order valence-electron chi connectivity index (χ3n) is 2.01. The summed E-state index contributed by atoms with van der Waals surface area (Å²) in [5, 5.41) is 6.76. The molecular weight excluding hydrogens is 222 g/mol. The summed E-state index contributed by atoms with van der Waals surface area (Å²) in [6, 6.07) is -0.254. The van der Waals surface area contributed by atoms with Crippen molar-refractivity contribution in [2.24, 2.45) is 0 Å². The molecule has 0 aliphatic heterocycles. The van der Waals surface area contributed by atoms with Gasteiger partial charge in [0.05, 0.1) is 17.6 Å². The van der Waals surface area contributed by atoms with Gasteiger partial charge in [-0.2, -0.15) is 0 Å². The van der Waals surface area contributed by atoms with Crippen LogP contribution in [-0.4, -0.2) is 23.5 Å². The molecule has 0 aromatic carbocycles. The van der Waals surface area contributed by atoms with Crippen LogP contribution in [0, 0.1) is 19.3 Å². The molecule has 0 radical (unpaired) electrons. The Hall–Kier alpha value is -1.38. The summed E-state index contributed by atoms with van der Waals surface area (Å²) in [7, 11) is 0. The van der Waals surface area contributed by atoms with Crippen LogP contribution in [0.5, 0.6) is 0 Å². The van der Waals surface area contributed by atoms with Gasteiger partial charge in [0.15, 0.2) is 0 Å². The first-order valence-corrected chi connectivity index (χ1v) is 5.81. The topological polar surface area (TPSA) is 54.0 Å². The maximum Gasteiger partial charge on any atom is 0.237 e. The minimum Gasteiger partial charge on any atom is -0.344 e. The zero-order valence-corrected chi connectivity index (χ0v) is 10.2. The first-order chi connectivity index (χ1) is 7.63. The van der Waals surface area contributed by atoms with Crippen LogP contribution in [0.1, 0.15) is 16.8 Å². The number of rotatable bonds is 5. The molecule has 0 aliphatic rings. The summed E-state index contributed by atoms with van der Waals surface area (Å²) in [6.45, 7) is 4.68. The predicted octanol–water partition coefficient (Wildman–Crippen LogP) is 0.679. The van der Waals surface area contributed by atoms with Crippen molar-refractivity contribution in [2.75, 3.05) is 6.54 Å².